The van der Waals surface area contributed by atoms with Gasteiger partial charge in [0.15, 0.2) is 0 Å². The van der Waals surface area contributed by atoms with E-state index < -0.39 is 0 Å². The summed E-state index contributed by atoms with van der Waals surface area (Å²) in [5.41, 5.74) is 1.82. The number of aromatic nitrogens is 4. The van der Waals surface area contributed by atoms with E-state index in [1.54, 1.807) is 35.9 Å². The quantitative estimate of drug-likeness (QED) is 0.601. The molecule has 4 heterocycles. The van der Waals surface area contributed by atoms with Crippen LogP contribution in [0.5, 0.6) is 0 Å². The smallest absolute Gasteiger partial charge is 0.291 e. The molecule has 0 atom stereocenters. The lowest BCUT2D eigenvalue weighted by Gasteiger charge is -2.13. The monoisotopic (exact) mass is 367 g/mol. The number of thiophene rings is 1. The predicted octanol–water partition coefficient (Wildman–Crippen LogP) is 2.87. The molecule has 0 aromatic carbocycles. The average Bonchev–Trinajstić information content (AvgIpc) is 3.19. The number of pyridine rings is 1. The van der Waals surface area contributed by atoms with Crippen LogP contribution in [-0.4, -0.2) is 25.1 Å². The van der Waals surface area contributed by atoms with Gasteiger partial charge in [0.05, 0.1) is 22.1 Å². The van der Waals surface area contributed by atoms with Crippen LogP contribution in [0.3, 0.4) is 0 Å². The minimum atomic E-state index is -0.319. The molecule has 0 saturated heterocycles. The van der Waals surface area contributed by atoms with Crippen molar-refractivity contribution >= 4 is 38.7 Å². The highest BCUT2D eigenvalue weighted by Gasteiger charge is 2.18. The lowest BCUT2D eigenvalue weighted by Crippen LogP contribution is -2.32. The molecule has 0 saturated carbocycles. The number of hydrogen-bond donors (Lipinski definition) is 1. The van der Waals surface area contributed by atoms with Crippen LogP contribution in [0.4, 0.5) is 5.69 Å². The van der Waals surface area contributed by atoms with Gasteiger partial charge in [0.2, 0.25) is 5.91 Å². The molecular formula is C18H17N5O2S. The zero-order valence-electron chi connectivity index (χ0n) is 14.3. The Bertz CT molecular complexity index is 1160. The minimum absolute atomic E-state index is 0.0984. The van der Waals surface area contributed by atoms with Gasteiger partial charge in [0, 0.05) is 12.1 Å². The molecule has 0 bridgehead atoms. The molecule has 0 spiro atoms. The molecule has 4 aromatic heterocycles. The van der Waals surface area contributed by atoms with E-state index in [9.17, 15) is 9.59 Å². The molecule has 132 valence electrons. The zero-order chi connectivity index (χ0) is 18.3. The number of carbonyl (C=O) groups is 1. The van der Waals surface area contributed by atoms with Crippen LogP contribution in [0.1, 0.15) is 25.6 Å². The van der Waals surface area contributed by atoms with Crippen LogP contribution in [-0.2, 0) is 11.3 Å². The number of rotatable bonds is 4. The topological polar surface area (TPSA) is 81.3 Å². The number of carbonyl (C=O) groups excluding carboxylic acids is 1. The van der Waals surface area contributed by atoms with Gasteiger partial charge in [-0.1, -0.05) is 13.8 Å². The second-order valence-electron chi connectivity index (χ2n) is 6.30. The third kappa shape index (κ3) is 2.78. The molecule has 1 amide bonds. The predicted molar refractivity (Wildman–Crippen MR) is 102 cm³/mol. The van der Waals surface area contributed by atoms with Crippen LogP contribution < -0.4 is 10.9 Å². The van der Waals surface area contributed by atoms with Gasteiger partial charge in [-0.3, -0.25) is 19.0 Å². The third-order valence-electron chi connectivity index (χ3n) is 4.08. The van der Waals surface area contributed by atoms with Gasteiger partial charge in [0.25, 0.3) is 5.56 Å². The molecule has 7 nitrogen and oxygen atoms in total. The highest BCUT2D eigenvalue weighted by Crippen LogP contribution is 2.26. The summed E-state index contributed by atoms with van der Waals surface area (Å²) in [5.74, 6) is 0.531. The summed E-state index contributed by atoms with van der Waals surface area (Å²) in [6, 6.07) is 7.33. The summed E-state index contributed by atoms with van der Waals surface area (Å²) in [6.45, 7) is 3.89. The molecule has 1 N–H and O–H groups in total. The normalized spacial score (nSPS) is 11.5. The molecule has 0 aliphatic rings. The van der Waals surface area contributed by atoms with Crippen LogP contribution in [0.2, 0.25) is 0 Å². The van der Waals surface area contributed by atoms with E-state index in [0.29, 0.717) is 11.2 Å². The van der Waals surface area contributed by atoms with Crippen molar-refractivity contribution in [1.29, 1.82) is 0 Å². The second kappa shape index (κ2) is 6.38. The van der Waals surface area contributed by atoms with Gasteiger partial charge in [0.1, 0.15) is 17.9 Å². The third-order valence-corrected chi connectivity index (χ3v) is 4.94. The molecule has 8 heteroatoms. The van der Waals surface area contributed by atoms with Gasteiger partial charge in [-0.05, 0) is 29.6 Å². The molecule has 0 fully saturated rings. The second-order valence-corrected chi connectivity index (χ2v) is 7.25. The number of nitrogens with zero attached hydrogens (tertiary/aromatic N) is 4. The molecule has 0 unspecified atom stereocenters. The van der Waals surface area contributed by atoms with Crippen molar-refractivity contribution in [1.82, 2.24) is 19.2 Å². The summed E-state index contributed by atoms with van der Waals surface area (Å²) in [6.07, 6.45) is 3.18. The Kier molecular flexibility index (Phi) is 4.04. The molecule has 0 radical (unpaired) electrons. The first kappa shape index (κ1) is 16.5. The average molecular weight is 367 g/mol. The number of amides is 1. The van der Waals surface area contributed by atoms with Gasteiger partial charge < -0.3 is 5.32 Å². The fourth-order valence-corrected chi connectivity index (χ4v) is 3.73. The van der Waals surface area contributed by atoms with Crippen molar-refractivity contribution < 1.29 is 4.79 Å². The van der Waals surface area contributed by atoms with E-state index in [1.807, 2.05) is 35.8 Å². The van der Waals surface area contributed by atoms with Gasteiger partial charge >= 0.3 is 0 Å². The van der Waals surface area contributed by atoms with E-state index in [2.05, 4.69) is 15.4 Å². The van der Waals surface area contributed by atoms with Crippen molar-refractivity contribution in [3.8, 4) is 0 Å². The maximum absolute atomic E-state index is 12.9. The molecule has 4 rings (SSSR count). The lowest BCUT2D eigenvalue weighted by molar-refractivity contribution is -0.117. The van der Waals surface area contributed by atoms with Crippen molar-refractivity contribution in [2.24, 2.45) is 0 Å². The highest BCUT2D eigenvalue weighted by molar-refractivity contribution is 7.17. The van der Waals surface area contributed by atoms with E-state index in [0.717, 1.165) is 16.0 Å². The van der Waals surface area contributed by atoms with Crippen molar-refractivity contribution in [3.63, 3.8) is 0 Å². The zero-order valence-corrected chi connectivity index (χ0v) is 15.2. The van der Waals surface area contributed by atoms with Gasteiger partial charge in [-0.25, -0.2) is 4.68 Å². The number of nitrogens with one attached hydrogen (secondary N) is 1. The summed E-state index contributed by atoms with van der Waals surface area (Å²) >= 11 is 1.58. The van der Waals surface area contributed by atoms with E-state index in [4.69, 9.17) is 0 Å². The van der Waals surface area contributed by atoms with E-state index >= 15 is 0 Å². The maximum atomic E-state index is 12.9. The van der Waals surface area contributed by atoms with Crippen LogP contribution >= 0.6 is 11.3 Å². The fraction of sp³-hybridized carbons (Fsp3) is 0.222. The van der Waals surface area contributed by atoms with Gasteiger partial charge in [-0.2, -0.15) is 5.10 Å². The maximum Gasteiger partial charge on any atom is 0.291 e. The Balaban J connectivity index is 1.76. The van der Waals surface area contributed by atoms with Crippen molar-refractivity contribution in [3.05, 3.63) is 58.2 Å². The SMILES string of the molecule is CC(C)c1nn(CC(=O)Nc2cccnc2)c(=O)c2cc3sccc3n12. The Morgan fingerprint density at radius 2 is 2.15 bits per heavy atom. The largest absolute Gasteiger partial charge is 0.323 e. The summed E-state index contributed by atoms with van der Waals surface area (Å²) in [7, 11) is 0. The Morgan fingerprint density at radius 1 is 1.31 bits per heavy atom. The Labute approximate surface area is 152 Å². The lowest BCUT2D eigenvalue weighted by atomic mass is 10.2. The van der Waals surface area contributed by atoms with E-state index in [-0.39, 0.29) is 23.9 Å². The van der Waals surface area contributed by atoms with Crippen molar-refractivity contribution in [2.45, 2.75) is 26.3 Å². The first-order chi connectivity index (χ1) is 12.5. The van der Waals surface area contributed by atoms with Crippen LogP contribution in [0, 0.1) is 0 Å². The number of anilines is 1. The van der Waals surface area contributed by atoms with Crippen molar-refractivity contribution in [2.75, 3.05) is 5.32 Å². The Hall–Kier alpha value is -3.00. The van der Waals surface area contributed by atoms with Crippen LogP contribution in [0.15, 0.2) is 46.8 Å². The number of fused-ring (bicyclic) bond motifs is 3. The summed E-state index contributed by atoms with van der Waals surface area (Å²) < 4.78 is 4.16. The first-order valence-electron chi connectivity index (χ1n) is 8.24. The molecule has 26 heavy (non-hydrogen) atoms. The molecule has 4 aromatic rings. The summed E-state index contributed by atoms with van der Waals surface area (Å²) in [5, 5.41) is 9.20. The molecule has 0 aliphatic carbocycles. The molecular weight excluding hydrogens is 350 g/mol. The van der Waals surface area contributed by atoms with Crippen LogP contribution in [0.25, 0.3) is 15.7 Å². The fourth-order valence-electron chi connectivity index (χ4n) is 2.93. The standard InChI is InChI=1S/C18H17N5O2S/c1-11(2)17-21-22(10-16(24)20-12-4-3-6-19-9-12)18(25)14-8-15-13(23(14)17)5-7-26-15/h3-9,11H,10H2,1-2H3,(H,20,24). The minimum Gasteiger partial charge on any atom is -0.323 e. The van der Waals surface area contributed by atoms with E-state index in [1.165, 1.54) is 4.68 Å². The Morgan fingerprint density at radius 3 is 2.88 bits per heavy atom. The highest BCUT2D eigenvalue weighted by atomic mass is 32.1. The van der Waals surface area contributed by atoms with Gasteiger partial charge in [-0.15, -0.1) is 11.3 Å². The number of hydrogen-bond acceptors (Lipinski definition) is 5. The first-order valence-corrected chi connectivity index (χ1v) is 9.12. The molecule has 0 aliphatic heterocycles. The summed E-state index contributed by atoms with van der Waals surface area (Å²) in [4.78, 5) is 29.1.